The highest BCUT2D eigenvalue weighted by Crippen LogP contribution is 2.32. The standard InChI is InChI=1S/C24H20N4O4S2/c1-30-16-8-9-17(19(12-16)31-2)22-26-20(32-27-22)14-34-24-25-18-10-11-33-21(18)23(29)28(24)13-15-6-4-3-5-7-15/h3-12H,13-14H2,1-2H3. The van der Waals surface area contributed by atoms with Crippen LogP contribution < -0.4 is 15.0 Å². The van der Waals surface area contributed by atoms with Crippen LogP contribution >= 0.6 is 23.1 Å². The lowest BCUT2D eigenvalue weighted by Crippen LogP contribution is -2.23. The van der Waals surface area contributed by atoms with Crippen molar-refractivity contribution in [1.29, 1.82) is 0 Å². The molecular weight excluding hydrogens is 472 g/mol. The van der Waals surface area contributed by atoms with Crippen LogP contribution in [-0.4, -0.2) is 33.9 Å². The molecule has 3 heterocycles. The van der Waals surface area contributed by atoms with Gasteiger partial charge in [-0.05, 0) is 29.1 Å². The molecule has 10 heteroatoms. The number of aromatic nitrogens is 4. The molecule has 0 aliphatic heterocycles. The van der Waals surface area contributed by atoms with E-state index in [-0.39, 0.29) is 5.56 Å². The molecule has 0 N–H and O–H groups in total. The summed E-state index contributed by atoms with van der Waals surface area (Å²) in [6.45, 7) is 0.432. The lowest BCUT2D eigenvalue weighted by Gasteiger charge is -2.11. The van der Waals surface area contributed by atoms with Crippen molar-refractivity contribution in [2.45, 2.75) is 17.5 Å². The molecule has 34 heavy (non-hydrogen) atoms. The third-order valence-corrected chi connectivity index (χ3v) is 7.01. The predicted octanol–water partition coefficient (Wildman–Crippen LogP) is 4.87. The molecule has 0 saturated carbocycles. The molecule has 172 valence electrons. The Balaban J connectivity index is 1.42. The van der Waals surface area contributed by atoms with E-state index in [0.29, 0.717) is 56.4 Å². The number of thioether (sulfide) groups is 1. The van der Waals surface area contributed by atoms with E-state index in [1.54, 1.807) is 24.9 Å². The van der Waals surface area contributed by atoms with E-state index >= 15 is 0 Å². The Kier molecular flexibility index (Phi) is 6.33. The smallest absolute Gasteiger partial charge is 0.272 e. The van der Waals surface area contributed by atoms with E-state index in [1.165, 1.54) is 23.1 Å². The van der Waals surface area contributed by atoms with Crippen LogP contribution in [0.4, 0.5) is 0 Å². The van der Waals surface area contributed by atoms with Crippen LogP contribution in [0.25, 0.3) is 21.6 Å². The van der Waals surface area contributed by atoms with Gasteiger partial charge in [-0.1, -0.05) is 47.3 Å². The van der Waals surface area contributed by atoms with E-state index in [4.69, 9.17) is 19.0 Å². The van der Waals surface area contributed by atoms with E-state index in [1.807, 2.05) is 53.9 Å². The first-order valence-electron chi connectivity index (χ1n) is 10.4. The van der Waals surface area contributed by atoms with Gasteiger partial charge in [0, 0.05) is 6.07 Å². The number of hydrogen-bond acceptors (Lipinski definition) is 9. The highest BCUT2D eigenvalue weighted by molar-refractivity contribution is 7.98. The Morgan fingerprint density at radius 1 is 1.06 bits per heavy atom. The zero-order valence-electron chi connectivity index (χ0n) is 18.4. The molecule has 3 aromatic heterocycles. The summed E-state index contributed by atoms with van der Waals surface area (Å²) in [6, 6.07) is 17.1. The van der Waals surface area contributed by atoms with Crippen LogP contribution in [0.2, 0.25) is 0 Å². The molecule has 0 saturated heterocycles. The molecule has 0 aliphatic carbocycles. The normalized spacial score (nSPS) is 11.1. The summed E-state index contributed by atoms with van der Waals surface area (Å²) in [6.07, 6.45) is 0. The second kappa shape index (κ2) is 9.70. The van der Waals surface area contributed by atoms with Crippen molar-refractivity contribution in [3.8, 4) is 22.9 Å². The Bertz CT molecular complexity index is 1490. The molecule has 0 unspecified atom stereocenters. The second-order valence-electron chi connectivity index (χ2n) is 7.27. The summed E-state index contributed by atoms with van der Waals surface area (Å²) in [5.74, 6) is 2.45. The minimum atomic E-state index is -0.0551. The van der Waals surface area contributed by atoms with E-state index < -0.39 is 0 Å². The first-order chi connectivity index (χ1) is 16.7. The van der Waals surface area contributed by atoms with Crippen molar-refractivity contribution in [3.05, 3.63) is 81.8 Å². The molecule has 0 bridgehead atoms. The van der Waals surface area contributed by atoms with Crippen molar-refractivity contribution >= 4 is 33.3 Å². The Morgan fingerprint density at radius 3 is 2.71 bits per heavy atom. The van der Waals surface area contributed by atoms with Gasteiger partial charge in [-0.25, -0.2) is 4.98 Å². The summed E-state index contributed by atoms with van der Waals surface area (Å²) in [7, 11) is 3.17. The average Bonchev–Trinajstić information content (AvgIpc) is 3.55. The van der Waals surface area contributed by atoms with Gasteiger partial charge < -0.3 is 14.0 Å². The van der Waals surface area contributed by atoms with Gasteiger partial charge in [0.25, 0.3) is 5.56 Å². The summed E-state index contributed by atoms with van der Waals surface area (Å²) in [5.41, 5.74) is 2.36. The lowest BCUT2D eigenvalue weighted by atomic mass is 10.2. The third-order valence-electron chi connectivity index (χ3n) is 5.16. The number of thiophene rings is 1. The van der Waals surface area contributed by atoms with Gasteiger partial charge in [-0.15, -0.1) is 11.3 Å². The Morgan fingerprint density at radius 2 is 1.91 bits per heavy atom. The lowest BCUT2D eigenvalue weighted by molar-refractivity contribution is 0.388. The monoisotopic (exact) mass is 492 g/mol. The van der Waals surface area contributed by atoms with Gasteiger partial charge in [0.05, 0.1) is 37.6 Å². The average molecular weight is 493 g/mol. The summed E-state index contributed by atoms with van der Waals surface area (Å²) >= 11 is 2.79. The quantitative estimate of drug-likeness (QED) is 0.224. The zero-order chi connectivity index (χ0) is 23.5. The highest BCUT2D eigenvalue weighted by atomic mass is 32.2. The minimum Gasteiger partial charge on any atom is -0.497 e. The summed E-state index contributed by atoms with van der Waals surface area (Å²) < 4.78 is 18.5. The van der Waals surface area contributed by atoms with Gasteiger partial charge in [0.1, 0.15) is 16.2 Å². The van der Waals surface area contributed by atoms with Crippen molar-refractivity contribution < 1.29 is 14.0 Å². The SMILES string of the molecule is COc1ccc(-c2noc(CSc3nc4ccsc4c(=O)n3Cc3ccccc3)n2)c(OC)c1. The minimum absolute atomic E-state index is 0.0551. The molecule has 0 radical (unpaired) electrons. The molecular formula is C24H20N4O4S2. The van der Waals surface area contributed by atoms with Crippen molar-refractivity contribution in [2.75, 3.05) is 14.2 Å². The van der Waals surface area contributed by atoms with Crippen LogP contribution in [0.15, 0.2) is 74.5 Å². The Labute approximate surface area is 203 Å². The fourth-order valence-electron chi connectivity index (χ4n) is 3.47. The molecule has 0 amide bonds. The summed E-state index contributed by atoms with van der Waals surface area (Å²) in [4.78, 5) is 22.4. The second-order valence-corrected chi connectivity index (χ2v) is 9.13. The van der Waals surface area contributed by atoms with Gasteiger partial charge >= 0.3 is 0 Å². The Hall–Kier alpha value is -3.63. The largest absolute Gasteiger partial charge is 0.497 e. The molecule has 0 atom stereocenters. The third kappa shape index (κ3) is 4.42. The van der Waals surface area contributed by atoms with E-state index in [9.17, 15) is 4.79 Å². The first-order valence-corrected chi connectivity index (χ1v) is 12.2. The van der Waals surface area contributed by atoms with Crippen LogP contribution in [0.1, 0.15) is 11.5 Å². The van der Waals surface area contributed by atoms with Crippen molar-refractivity contribution in [1.82, 2.24) is 19.7 Å². The van der Waals surface area contributed by atoms with E-state index in [2.05, 4.69) is 10.1 Å². The number of nitrogens with zero attached hydrogens (tertiary/aromatic N) is 4. The number of benzene rings is 2. The molecule has 0 spiro atoms. The van der Waals surface area contributed by atoms with E-state index in [0.717, 1.165) is 5.56 Å². The summed E-state index contributed by atoms with van der Waals surface area (Å²) in [5, 5.41) is 6.59. The number of ether oxygens (including phenoxy) is 2. The molecule has 5 aromatic rings. The van der Waals surface area contributed by atoms with Crippen LogP contribution in [0, 0.1) is 0 Å². The van der Waals surface area contributed by atoms with Gasteiger partial charge in [-0.3, -0.25) is 9.36 Å². The molecule has 0 aliphatic rings. The number of fused-ring (bicyclic) bond motifs is 1. The molecule has 8 nitrogen and oxygen atoms in total. The number of methoxy groups -OCH3 is 2. The van der Waals surface area contributed by atoms with Crippen molar-refractivity contribution in [3.63, 3.8) is 0 Å². The number of rotatable bonds is 8. The highest BCUT2D eigenvalue weighted by Gasteiger charge is 2.17. The first kappa shape index (κ1) is 22.2. The van der Waals surface area contributed by atoms with Gasteiger partial charge in [-0.2, -0.15) is 4.98 Å². The zero-order valence-corrected chi connectivity index (χ0v) is 20.1. The fraction of sp³-hybridized carbons (Fsp3) is 0.167. The predicted molar refractivity (Wildman–Crippen MR) is 132 cm³/mol. The van der Waals surface area contributed by atoms with Crippen LogP contribution in [0.5, 0.6) is 11.5 Å². The fourth-order valence-corrected chi connectivity index (χ4v) is 5.09. The maximum atomic E-state index is 13.2. The van der Waals surface area contributed by atoms with Gasteiger partial charge in [0.15, 0.2) is 5.16 Å². The molecule has 5 rings (SSSR count). The maximum absolute atomic E-state index is 13.2. The van der Waals surface area contributed by atoms with Crippen LogP contribution in [-0.2, 0) is 12.3 Å². The number of hydrogen-bond donors (Lipinski definition) is 0. The molecule has 0 fully saturated rings. The van der Waals surface area contributed by atoms with Gasteiger partial charge in [0.2, 0.25) is 11.7 Å². The topological polar surface area (TPSA) is 92.3 Å². The van der Waals surface area contributed by atoms with Crippen LogP contribution in [0.3, 0.4) is 0 Å². The molecule has 2 aromatic carbocycles. The maximum Gasteiger partial charge on any atom is 0.272 e. The van der Waals surface area contributed by atoms with Crippen molar-refractivity contribution in [2.24, 2.45) is 0 Å².